The fraction of sp³-hybridized carbons (Fsp3) is 0.500. The number of carbonyl (C=O) groups is 1. The normalized spacial score (nSPS) is 10.9. The Labute approximate surface area is 134 Å². The zero-order valence-corrected chi connectivity index (χ0v) is 13.5. The van der Waals surface area contributed by atoms with Crippen LogP contribution in [0.5, 0.6) is 11.5 Å². The molecule has 0 aliphatic rings. The number of amides is 1. The molecule has 0 aliphatic carbocycles. The van der Waals surface area contributed by atoms with Crippen LogP contribution in [0.15, 0.2) is 18.2 Å². The summed E-state index contributed by atoms with van der Waals surface area (Å²) in [4.78, 5) is 11.8. The lowest BCUT2D eigenvalue weighted by atomic mass is 10.2. The van der Waals surface area contributed by atoms with Crippen molar-refractivity contribution in [3.63, 3.8) is 0 Å². The van der Waals surface area contributed by atoms with E-state index in [-0.39, 0.29) is 24.1 Å². The molecule has 5 nitrogen and oxygen atoms in total. The number of ether oxygens (including phenoxy) is 2. The van der Waals surface area contributed by atoms with E-state index in [0.717, 1.165) is 0 Å². The van der Waals surface area contributed by atoms with Gasteiger partial charge in [0.1, 0.15) is 0 Å². The molecule has 0 saturated heterocycles. The Morgan fingerprint density at radius 2 is 2.00 bits per heavy atom. The van der Waals surface area contributed by atoms with Crippen LogP contribution in [0.1, 0.15) is 24.2 Å². The molecule has 0 fully saturated rings. The van der Waals surface area contributed by atoms with Gasteiger partial charge in [0.2, 0.25) is 0 Å². The Morgan fingerprint density at radius 3 is 2.50 bits per heavy atom. The molecule has 0 unspecified atom stereocenters. The topological polar surface area (TPSA) is 73.6 Å². The van der Waals surface area contributed by atoms with Crippen molar-refractivity contribution in [2.24, 2.45) is 5.73 Å². The van der Waals surface area contributed by atoms with Crippen molar-refractivity contribution in [3.05, 3.63) is 23.8 Å². The predicted molar refractivity (Wildman–Crippen MR) is 82.3 cm³/mol. The number of nitrogens with one attached hydrogen (secondary N) is 1. The summed E-state index contributed by atoms with van der Waals surface area (Å²) in [5.74, 6) is -2.91. The summed E-state index contributed by atoms with van der Waals surface area (Å²) in [7, 11) is 1.44. The van der Waals surface area contributed by atoms with Crippen molar-refractivity contribution in [1.29, 1.82) is 0 Å². The maximum atomic E-state index is 13.0. The van der Waals surface area contributed by atoms with E-state index in [9.17, 15) is 13.6 Å². The van der Waals surface area contributed by atoms with Gasteiger partial charge in [-0.3, -0.25) is 4.79 Å². The highest BCUT2D eigenvalue weighted by Crippen LogP contribution is 2.29. The number of halogens is 3. The first kappa shape index (κ1) is 20.4. The highest BCUT2D eigenvalue weighted by molar-refractivity contribution is 5.94. The summed E-state index contributed by atoms with van der Waals surface area (Å²) in [5, 5.41) is 2.14. The molecule has 3 N–H and O–H groups in total. The van der Waals surface area contributed by atoms with Gasteiger partial charge >= 0.3 is 0 Å². The van der Waals surface area contributed by atoms with Crippen LogP contribution >= 0.6 is 12.4 Å². The largest absolute Gasteiger partial charge is 0.493 e. The number of methoxy groups -OCH3 is 1. The molecule has 1 aromatic carbocycles. The third-order valence-corrected chi connectivity index (χ3v) is 2.59. The Kier molecular flexibility index (Phi) is 8.11. The summed E-state index contributed by atoms with van der Waals surface area (Å²) in [6.45, 7) is 2.08. The number of rotatable bonds is 7. The number of carbonyl (C=O) groups excluding carboxylic acids is 1. The minimum Gasteiger partial charge on any atom is -0.493 e. The molecular weight excluding hydrogens is 318 g/mol. The van der Waals surface area contributed by atoms with Gasteiger partial charge in [-0.2, -0.15) is 0 Å². The Balaban J connectivity index is 0.00000441. The maximum absolute atomic E-state index is 13.0. The van der Waals surface area contributed by atoms with Crippen LogP contribution in [-0.4, -0.2) is 38.1 Å². The molecule has 22 heavy (non-hydrogen) atoms. The number of benzene rings is 1. The molecule has 0 radical (unpaired) electrons. The van der Waals surface area contributed by atoms with Gasteiger partial charge in [0.15, 0.2) is 11.5 Å². The number of hydrogen-bond acceptors (Lipinski definition) is 4. The van der Waals surface area contributed by atoms with Crippen LogP contribution < -0.4 is 20.5 Å². The fourth-order valence-corrected chi connectivity index (χ4v) is 1.54. The van der Waals surface area contributed by atoms with E-state index in [4.69, 9.17) is 15.2 Å². The molecule has 1 aromatic rings. The van der Waals surface area contributed by atoms with Crippen molar-refractivity contribution >= 4 is 18.3 Å². The Bertz CT molecular complexity index is 499. The average Bonchev–Trinajstić information content (AvgIpc) is 2.44. The van der Waals surface area contributed by atoms with Crippen molar-refractivity contribution in [2.45, 2.75) is 25.9 Å². The molecule has 0 aliphatic heterocycles. The SMILES string of the molecule is COc1cc(C(=O)NCC(F)(F)CN)ccc1OC(C)C.Cl. The van der Waals surface area contributed by atoms with Crippen LogP contribution in [0.3, 0.4) is 0 Å². The zero-order valence-electron chi connectivity index (χ0n) is 12.7. The number of hydrogen-bond donors (Lipinski definition) is 2. The molecule has 126 valence electrons. The predicted octanol–water partition coefficient (Wildman–Crippen LogP) is 2.23. The van der Waals surface area contributed by atoms with Gasteiger partial charge in [-0.15, -0.1) is 12.4 Å². The van der Waals surface area contributed by atoms with E-state index >= 15 is 0 Å². The van der Waals surface area contributed by atoms with Gasteiger partial charge in [0.05, 0.1) is 26.3 Å². The molecule has 0 heterocycles. The van der Waals surface area contributed by atoms with Gasteiger partial charge in [-0.25, -0.2) is 8.78 Å². The van der Waals surface area contributed by atoms with Gasteiger partial charge in [0.25, 0.3) is 11.8 Å². The molecule has 0 bridgehead atoms. The van der Waals surface area contributed by atoms with Gasteiger partial charge in [-0.1, -0.05) is 0 Å². The second kappa shape index (κ2) is 8.75. The van der Waals surface area contributed by atoms with E-state index < -0.39 is 24.9 Å². The number of nitrogens with two attached hydrogens (primary N) is 1. The first-order valence-corrected chi connectivity index (χ1v) is 6.50. The summed E-state index contributed by atoms with van der Waals surface area (Å²) < 4.78 is 36.6. The third kappa shape index (κ3) is 6.03. The first-order chi connectivity index (χ1) is 9.79. The van der Waals surface area contributed by atoms with Gasteiger partial charge in [-0.05, 0) is 32.0 Å². The maximum Gasteiger partial charge on any atom is 0.277 e. The molecule has 0 aromatic heterocycles. The summed E-state index contributed by atoms with van der Waals surface area (Å²) >= 11 is 0. The third-order valence-electron chi connectivity index (χ3n) is 2.59. The second-order valence-electron chi connectivity index (χ2n) is 4.77. The Hall–Kier alpha value is -1.60. The first-order valence-electron chi connectivity index (χ1n) is 6.50. The molecule has 0 saturated carbocycles. The summed E-state index contributed by atoms with van der Waals surface area (Å²) in [5.41, 5.74) is 5.11. The smallest absolute Gasteiger partial charge is 0.277 e. The molecular formula is C14H21ClF2N2O3. The molecule has 8 heteroatoms. The van der Waals surface area contributed by atoms with E-state index in [1.165, 1.54) is 19.2 Å². The highest BCUT2D eigenvalue weighted by Gasteiger charge is 2.27. The van der Waals surface area contributed by atoms with E-state index in [1.807, 2.05) is 13.8 Å². The van der Waals surface area contributed by atoms with Crippen LogP contribution in [-0.2, 0) is 0 Å². The monoisotopic (exact) mass is 338 g/mol. The minimum atomic E-state index is -3.12. The van der Waals surface area contributed by atoms with E-state index in [2.05, 4.69) is 5.32 Å². The van der Waals surface area contributed by atoms with Crippen LogP contribution in [0.4, 0.5) is 8.78 Å². The second-order valence-corrected chi connectivity index (χ2v) is 4.77. The average molecular weight is 339 g/mol. The van der Waals surface area contributed by atoms with Crippen molar-refractivity contribution < 1.29 is 23.0 Å². The lowest BCUT2D eigenvalue weighted by Gasteiger charge is -2.16. The van der Waals surface area contributed by atoms with Crippen molar-refractivity contribution in [1.82, 2.24) is 5.32 Å². The van der Waals surface area contributed by atoms with Crippen LogP contribution in [0.2, 0.25) is 0 Å². The summed E-state index contributed by atoms with van der Waals surface area (Å²) in [6.07, 6.45) is -0.0539. The minimum absolute atomic E-state index is 0. The molecule has 1 rings (SSSR count). The Morgan fingerprint density at radius 1 is 1.36 bits per heavy atom. The van der Waals surface area contributed by atoms with Crippen molar-refractivity contribution in [3.8, 4) is 11.5 Å². The van der Waals surface area contributed by atoms with E-state index in [0.29, 0.717) is 11.5 Å². The van der Waals surface area contributed by atoms with Gasteiger partial charge < -0.3 is 20.5 Å². The number of alkyl halides is 2. The van der Waals surface area contributed by atoms with Crippen LogP contribution in [0, 0.1) is 0 Å². The van der Waals surface area contributed by atoms with E-state index in [1.54, 1.807) is 6.07 Å². The standard InChI is InChI=1S/C14H20F2N2O3.ClH/c1-9(2)21-11-5-4-10(6-12(11)20-3)13(19)18-8-14(15,16)7-17;/h4-6,9H,7-8,17H2,1-3H3,(H,18,19);1H. The quantitative estimate of drug-likeness (QED) is 0.799. The molecule has 0 atom stereocenters. The lowest BCUT2D eigenvalue weighted by molar-refractivity contribution is 0.0118. The summed E-state index contributed by atoms with van der Waals surface area (Å²) in [6, 6.07) is 4.48. The molecule has 1 amide bonds. The molecule has 0 spiro atoms. The lowest BCUT2D eigenvalue weighted by Crippen LogP contribution is -2.41. The highest BCUT2D eigenvalue weighted by atomic mass is 35.5. The fourth-order valence-electron chi connectivity index (χ4n) is 1.54. The van der Waals surface area contributed by atoms with Crippen LogP contribution in [0.25, 0.3) is 0 Å². The zero-order chi connectivity index (χ0) is 16.0. The van der Waals surface area contributed by atoms with Crippen molar-refractivity contribution in [2.75, 3.05) is 20.2 Å². The van der Waals surface area contributed by atoms with Gasteiger partial charge in [0, 0.05) is 5.56 Å².